The zero-order valence-electron chi connectivity index (χ0n) is 16.8. The number of ether oxygens (including phenoxy) is 1. The lowest BCUT2D eigenvalue weighted by molar-refractivity contribution is 0.0564. The normalized spacial score (nSPS) is 17.2. The van der Waals surface area contributed by atoms with E-state index in [1.54, 1.807) is 0 Å². The molecule has 1 fully saturated rings. The Labute approximate surface area is 159 Å². The highest BCUT2D eigenvalue weighted by Gasteiger charge is 2.34. The number of piperidine rings is 1. The molecule has 2 aromatic rings. The number of hydrogen-bond donors (Lipinski definition) is 1. The van der Waals surface area contributed by atoms with Gasteiger partial charge in [-0.15, -0.1) is 0 Å². The Hall–Kier alpha value is -1.64. The van der Waals surface area contributed by atoms with Crippen molar-refractivity contribution >= 4 is 0 Å². The van der Waals surface area contributed by atoms with Crippen molar-refractivity contribution in [2.24, 2.45) is 0 Å². The lowest BCUT2D eigenvalue weighted by Gasteiger charge is -2.38. The maximum absolute atomic E-state index is 6.31. The molecule has 0 amide bonds. The maximum Gasteiger partial charge on any atom is 0.0717 e. The van der Waals surface area contributed by atoms with Gasteiger partial charge in [0, 0.05) is 5.41 Å². The van der Waals surface area contributed by atoms with Gasteiger partial charge in [0.1, 0.15) is 0 Å². The molecule has 0 spiro atoms. The molecule has 1 N–H and O–H groups in total. The van der Waals surface area contributed by atoms with Crippen molar-refractivity contribution in [1.82, 2.24) is 5.32 Å². The van der Waals surface area contributed by atoms with Gasteiger partial charge in [-0.05, 0) is 55.0 Å². The third-order valence-corrected chi connectivity index (χ3v) is 5.60. The van der Waals surface area contributed by atoms with E-state index in [0.717, 1.165) is 32.5 Å². The van der Waals surface area contributed by atoms with Crippen LogP contribution in [0, 0.1) is 6.92 Å². The molecule has 3 rings (SSSR count). The molecular weight excluding hydrogens is 318 g/mol. The molecule has 1 heterocycles. The molecule has 1 saturated heterocycles. The first-order valence-electron chi connectivity index (χ1n) is 9.84. The van der Waals surface area contributed by atoms with Crippen LogP contribution in [0.5, 0.6) is 0 Å². The largest absolute Gasteiger partial charge is 0.376 e. The minimum Gasteiger partial charge on any atom is -0.376 e. The molecule has 0 saturated carbocycles. The lowest BCUT2D eigenvalue weighted by Crippen LogP contribution is -2.43. The number of nitrogens with one attached hydrogen (secondary N) is 1. The molecule has 1 aliphatic heterocycles. The average Bonchev–Trinajstić information content (AvgIpc) is 2.62. The first-order valence-corrected chi connectivity index (χ1v) is 9.84. The standard InChI is InChI=1S/C24H33NO/c1-19-14-20(16-22(15-19)23(2,3)4)17-26-18-24(10-12-25-13-11-24)21-8-6-5-7-9-21/h5-9,14-16,25H,10-13,17-18H2,1-4H3. The monoisotopic (exact) mass is 351 g/mol. The highest BCUT2D eigenvalue weighted by atomic mass is 16.5. The molecule has 0 aromatic heterocycles. The SMILES string of the molecule is Cc1cc(COCC2(c3ccccc3)CCNCC2)cc(C(C)(C)C)c1. The van der Waals surface area contributed by atoms with Gasteiger partial charge in [0.15, 0.2) is 0 Å². The third kappa shape index (κ3) is 4.55. The van der Waals surface area contributed by atoms with Crippen molar-refractivity contribution in [2.45, 2.75) is 58.0 Å². The molecule has 2 heteroatoms. The summed E-state index contributed by atoms with van der Waals surface area (Å²) in [6, 6.07) is 17.8. The van der Waals surface area contributed by atoms with Crippen LogP contribution in [0.15, 0.2) is 48.5 Å². The fourth-order valence-corrected chi connectivity index (χ4v) is 3.96. The van der Waals surface area contributed by atoms with Gasteiger partial charge in [-0.1, -0.05) is 74.9 Å². The number of benzene rings is 2. The second kappa shape index (κ2) is 7.94. The highest BCUT2D eigenvalue weighted by Crippen LogP contribution is 2.34. The van der Waals surface area contributed by atoms with E-state index in [0.29, 0.717) is 6.61 Å². The van der Waals surface area contributed by atoms with E-state index in [-0.39, 0.29) is 10.8 Å². The summed E-state index contributed by atoms with van der Waals surface area (Å²) < 4.78 is 6.31. The fourth-order valence-electron chi connectivity index (χ4n) is 3.96. The second-order valence-corrected chi connectivity index (χ2v) is 8.85. The summed E-state index contributed by atoms with van der Waals surface area (Å²) in [7, 11) is 0. The van der Waals surface area contributed by atoms with Gasteiger partial charge in [0.2, 0.25) is 0 Å². The van der Waals surface area contributed by atoms with Crippen LogP contribution in [0.3, 0.4) is 0 Å². The maximum atomic E-state index is 6.31. The summed E-state index contributed by atoms with van der Waals surface area (Å²) >= 11 is 0. The molecule has 0 unspecified atom stereocenters. The Balaban J connectivity index is 1.72. The Bertz CT molecular complexity index is 709. The van der Waals surface area contributed by atoms with Gasteiger partial charge < -0.3 is 10.1 Å². The van der Waals surface area contributed by atoms with E-state index < -0.39 is 0 Å². The van der Waals surface area contributed by atoms with Crippen LogP contribution in [-0.4, -0.2) is 19.7 Å². The first-order chi connectivity index (χ1) is 12.4. The van der Waals surface area contributed by atoms with E-state index in [1.807, 2.05) is 0 Å². The minimum absolute atomic E-state index is 0.142. The summed E-state index contributed by atoms with van der Waals surface area (Å²) in [5.41, 5.74) is 5.71. The molecule has 2 aromatic carbocycles. The minimum atomic E-state index is 0.142. The Kier molecular flexibility index (Phi) is 5.84. The smallest absolute Gasteiger partial charge is 0.0717 e. The van der Waals surface area contributed by atoms with E-state index >= 15 is 0 Å². The molecule has 0 radical (unpaired) electrons. The van der Waals surface area contributed by atoms with Crippen molar-refractivity contribution in [2.75, 3.05) is 19.7 Å². The fraction of sp³-hybridized carbons (Fsp3) is 0.500. The van der Waals surface area contributed by atoms with Gasteiger partial charge in [-0.2, -0.15) is 0 Å². The quantitative estimate of drug-likeness (QED) is 0.806. The number of rotatable bonds is 5. The van der Waals surface area contributed by atoms with Gasteiger partial charge >= 0.3 is 0 Å². The summed E-state index contributed by atoms with van der Waals surface area (Å²) in [5.74, 6) is 0. The molecule has 0 bridgehead atoms. The van der Waals surface area contributed by atoms with Crippen LogP contribution >= 0.6 is 0 Å². The van der Waals surface area contributed by atoms with Crippen LogP contribution in [0.1, 0.15) is 55.9 Å². The molecular formula is C24H33NO. The first kappa shape index (κ1) is 19.1. The van der Waals surface area contributed by atoms with E-state index in [1.165, 1.54) is 22.3 Å². The number of aryl methyl sites for hydroxylation is 1. The van der Waals surface area contributed by atoms with Crippen molar-refractivity contribution in [1.29, 1.82) is 0 Å². The van der Waals surface area contributed by atoms with Crippen LogP contribution in [0.2, 0.25) is 0 Å². The molecule has 140 valence electrons. The highest BCUT2D eigenvalue weighted by molar-refractivity contribution is 5.33. The molecule has 1 aliphatic rings. The molecule has 26 heavy (non-hydrogen) atoms. The summed E-state index contributed by atoms with van der Waals surface area (Å²) in [4.78, 5) is 0. The zero-order valence-corrected chi connectivity index (χ0v) is 16.8. The van der Waals surface area contributed by atoms with Crippen LogP contribution in [-0.2, 0) is 22.2 Å². The van der Waals surface area contributed by atoms with E-state index in [4.69, 9.17) is 4.74 Å². The summed E-state index contributed by atoms with van der Waals surface area (Å²) in [6.07, 6.45) is 2.27. The zero-order chi connectivity index (χ0) is 18.6. The second-order valence-electron chi connectivity index (χ2n) is 8.85. The molecule has 0 aliphatic carbocycles. The van der Waals surface area contributed by atoms with Gasteiger partial charge in [0.25, 0.3) is 0 Å². The Morgan fingerprint density at radius 2 is 1.69 bits per heavy atom. The van der Waals surface area contributed by atoms with Crippen molar-refractivity contribution in [3.8, 4) is 0 Å². The van der Waals surface area contributed by atoms with Crippen LogP contribution in [0.4, 0.5) is 0 Å². The average molecular weight is 352 g/mol. The Morgan fingerprint density at radius 1 is 1.00 bits per heavy atom. The Morgan fingerprint density at radius 3 is 2.35 bits per heavy atom. The molecule has 2 nitrogen and oxygen atoms in total. The number of hydrogen-bond acceptors (Lipinski definition) is 2. The lowest BCUT2D eigenvalue weighted by atomic mass is 9.74. The van der Waals surface area contributed by atoms with Gasteiger partial charge in [-0.25, -0.2) is 0 Å². The van der Waals surface area contributed by atoms with E-state index in [2.05, 4.69) is 81.5 Å². The van der Waals surface area contributed by atoms with Gasteiger partial charge in [0.05, 0.1) is 13.2 Å². The van der Waals surface area contributed by atoms with Crippen molar-refractivity contribution in [3.05, 3.63) is 70.8 Å². The van der Waals surface area contributed by atoms with Gasteiger partial charge in [-0.3, -0.25) is 0 Å². The third-order valence-electron chi connectivity index (χ3n) is 5.60. The van der Waals surface area contributed by atoms with Crippen LogP contribution < -0.4 is 5.32 Å². The van der Waals surface area contributed by atoms with Crippen LogP contribution in [0.25, 0.3) is 0 Å². The molecule has 0 atom stereocenters. The van der Waals surface area contributed by atoms with Crippen molar-refractivity contribution < 1.29 is 4.74 Å². The predicted octanol–water partition coefficient (Wildman–Crippen LogP) is 5.13. The summed E-state index contributed by atoms with van der Waals surface area (Å²) in [6.45, 7) is 12.6. The summed E-state index contributed by atoms with van der Waals surface area (Å²) in [5, 5.41) is 3.49. The topological polar surface area (TPSA) is 21.3 Å². The van der Waals surface area contributed by atoms with E-state index in [9.17, 15) is 0 Å². The van der Waals surface area contributed by atoms with Crippen molar-refractivity contribution in [3.63, 3.8) is 0 Å². The predicted molar refractivity (Wildman–Crippen MR) is 110 cm³/mol.